The van der Waals surface area contributed by atoms with Crippen LogP contribution in [-0.2, 0) is 11.8 Å². The Kier molecular flexibility index (Phi) is 4.98. The fourth-order valence-corrected chi connectivity index (χ4v) is 2.30. The summed E-state index contributed by atoms with van der Waals surface area (Å²) in [4.78, 5) is 33.6. The number of fused-ring (bicyclic) bond motifs is 1. The second kappa shape index (κ2) is 6.95. The van der Waals surface area contributed by atoms with Gasteiger partial charge in [0.05, 0.1) is 16.2 Å². The second-order valence-corrected chi connectivity index (χ2v) is 4.91. The molecule has 0 radical (unpaired) electrons. The van der Waals surface area contributed by atoms with Crippen LogP contribution in [-0.4, -0.2) is 16.0 Å². The first-order valence-electron chi connectivity index (χ1n) is 7.19. The van der Waals surface area contributed by atoms with Gasteiger partial charge < -0.3 is 14.0 Å². The lowest BCUT2D eigenvalue weighted by atomic mass is 10.1. The largest absolute Gasteiger partial charge is 0.457 e. The van der Waals surface area contributed by atoms with Crippen LogP contribution < -0.4 is 15.0 Å². The van der Waals surface area contributed by atoms with Crippen molar-refractivity contribution in [1.82, 2.24) is 4.57 Å². The van der Waals surface area contributed by atoms with Crippen molar-refractivity contribution in [1.29, 1.82) is 0 Å². The summed E-state index contributed by atoms with van der Waals surface area (Å²) in [5.41, 5.74) is -0.486. The van der Waals surface area contributed by atoms with Crippen LogP contribution in [0.5, 0.6) is 11.5 Å². The van der Waals surface area contributed by atoms with Crippen molar-refractivity contribution in [2.24, 2.45) is 7.05 Å². The highest BCUT2D eigenvalue weighted by Crippen LogP contribution is 2.35. The lowest BCUT2D eigenvalue weighted by molar-refractivity contribution is -0.384. The number of benzene rings is 1. The van der Waals surface area contributed by atoms with Gasteiger partial charge in [-0.15, -0.1) is 0 Å². The Morgan fingerprint density at radius 3 is 2.62 bits per heavy atom. The summed E-state index contributed by atoms with van der Waals surface area (Å²) < 4.78 is 11.7. The van der Waals surface area contributed by atoms with Crippen LogP contribution in [0.3, 0.4) is 0 Å². The van der Waals surface area contributed by atoms with E-state index in [0.717, 1.165) is 0 Å². The van der Waals surface area contributed by atoms with Gasteiger partial charge in [-0.2, -0.15) is 0 Å². The summed E-state index contributed by atoms with van der Waals surface area (Å²) in [7, 11) is 1.44. The Morgan fingerprint density at radius 1 is 1.38 bits per heavy atom. The van der Waals surface area contributed by atoms with Gasteiger partial charge in [0.1, 0.15) is 0 Å². The first-order chi connectivity index (χ1) is 11.4. The van der Waals surface area contributed by atoms with Gasteiger partial charge in [0, 0.05) is 31.0 Å². The molecule has 0 bridgehead atoms. The van der Waals surface area contributed by atoms with Crippen LogP contribution in [0.15, 0.2) is 34.8 Å². The first kappa shape index (κ1) is 17.2. The van der Waals surface area contributed by atoms with Crippen LogP contribution in [0.25, 0.3) is 10.9 Å². The number of non-ortho nitro benzene ring substituents is 1. The van der Waals surface area contributed by atoms with Gasteiger partial charge in [-0.1, -0.05) is 6.92 Å². The number of nitro benzene ring substituents is 1. The fourth-order valence-electron chi connectivity index (χ4n) is 2.30. The molecule has 0 fully saturated rings. The highest BCUT2D eigenvalue weighted by atomic mass is 16.6. The number of aromatic nitrogens is 1. The zero-order valence-electron chi connectivity index (χ0n) is 13.4. The van der Waals surface area contributed by atoms with Crippen molar-refractivity contribution in [3.8, 4) is 11.5 Å². The van der Waals surface area contributed by atoms with E-state index in [1.54, 1.807) is 13.0 Å². The van der Waals surface area contributed by atoms with Gasteiger partial charge >= 0.3 is 0 Å². The molecule has 0 atom stereocenters. The average molecular weight is 332 g/mol. The predicted octanol–water partition coefficient (Wildman–Crippen LogP) is 2.67. The number of carbonyl (C=O) groups is 1. The van der Waals surface area contributed by atoms with Crippen molar-refractivity contribution in [2.75, 3.05) is 0 Å². The maximum atomic E-state index is 12.4. The van der Waals surface area contributed by atoms with E-state index in [1.807, 2.05) is 6.92 Å². The van der Waals surface area contributed by atoms with Crippen molar-refractivity contribution < 1.29 is 19.2 Å². The van der Waals surface area contributed by atoms with E-state index in [1.165, 1.54) is 29.8 Å². The smallest absolute Gasteiger partial charge is 0.298 e. The van der Waals surface area contributed by atoms with E-state index in [0.29, 0.717) is 23.1 Å². The van der Waals surface area contributed by atoms with Gasteiger partial charge in [0.15, 0.2) is 5.75 Å². The van der Waals surface area contributed by atoms with Crippen LogP contribution >= 0.6 is 0 Å². The Labute approximate surface area is 137 Å². The lowest BCUT2D eigenvalue weighted by Gasteiger charge is -2.15. The minimum absolute atomic E-state index is 0.0602. The third-order valence-corrected chi connectivity index (χ3v) is 3.57. The third kappa shape index (κ3) is 2.98. The van der Waals surface area contributed by atoms with E-state index < -0.39 is 10.5 Å². The molecule has 0 spiro atoms. The average Bonchev–Trinajstić information content (AvgIpc) is 2.59. The molecule has 0 saturated carbocycles. The number of aryl methyl sites for hydroxylation is 1. The number of pyridine rings is 1. The number of nitro groups is 1. The fraction of sp³-hybridized carbons (Fsp3) is 0.250. The molecule has 1 heterocycles. The van der Waals surface area contributed by atoms with Crippen molar-refractivity contribution in [2.45, 2.75) is 20.3 Å². The molecule has 0 amide bonds. The maximum Gasteiger partial charge on any atom is 0.298 e. The van der Waals surface area contributed by atoms with Gasteiger partial charge in [-0.3, -0.25) is 19.7 Å². The number of carbonyl (C=O) groups excluding carboxylic acids is 1. The van der Waals surface area contributed by atoms with Crippen molar-refractivity contribution >= 4 is 23.1 Å². The molecular weight excluding hydrogens is 316 g/mol. The normalized spacial score (nSPS) is 11.4. The molecule has 8 nitrogen and oxygen atoms in total. The van der Waals surface area contributed by atoms with Crippen molar-refractivity contribution in [3.05, 3.63) is 50.5 Å². The van der Waals surface area contributed by atoms with E-state index in [4.69, 9.17) is 9.47 Å². The predicted molar refractivity (Wildman–Crippen MR) is 87.2 cm³/mol. The summed E-state index contributed by atoms with van der Waals surface area (Å²) in [6, 6.07) is 4.03. The number of hydrogen-bond donors (Lipinski definition) is 0. The molecule has 8 heteroatoms. The van der Waals surface area contributed by atoms with E-state index in [-0.39, 0.29) is 23.7 Å². The molecule has 0 saturated heterocycles. The zero-order valence-corrected chi connectivity index (χ0v) is 13.4. The molecule has 24 heavy (non-hydrogen) atoms. The van der Waals surface area contributed by atoms with Gasteiger partial charge in [0.25, 0.3) is 17.7 Å². The van der Waals surface area contributed by atoms with Gasteiger partial charge in [0.2, 0.25) is 5.75 Å². The summed E-state index contributed by atoms with van der Waals surface area (Å²) in [5, 5.41) is 11.4. The Bertz CT molecular complexity index is 898. The highest BCUT2D eigenvalue weighted by molar-refractivity contribution is 5.90. The summed E-state index contributed by atoms with van der Waals surface area (Å²) in [6.45, 7) is 3.78. The van der Waals surface area contributed by atoms with Gasteiger partial charge in [-0.05, 0) is 19.1 Å². The summed E-state index contributed by atoms with van der Waals surface area (Å²) >= 11 is 0. The van der Waals surface area contributed by atoms with Crippen LogP contribution in [0, 0.1) is 10.1 Å². The standard InChI is InChI=1S/C16H16N2O6/c1-4-11(5-2)24-14-12-7-6-10(18(21)22)8-13(12)17(3)16(20)15(14)23-9-19/h4,6-9H,5H2,1-3H3. The van der Waals surface area contributed by atoms with Crippen LogP contribution in [0.2, 0.25) is 0 Å². The second-order valence-electron chi connectivity index (χ2n) is 4.91. The molecule has 0 aliphatic rings. The Hall–Kier alpha value is -3.16. The number of hydrogen-bond acceptors (Lipinski definition) is 6. The molecule has 0 unspecified atom stereocenters. The molecule has 126 valence electrons. The highest BCUT2D eigenvalue weighted by Gasteiger charge is 2.21. The number of nitrogens with zero attached hydrogens (tertiary/aromatic N) is 2. The van der Waals surface area contributed by atoms with E-state index >= 15 is 0 Å². The summed E-state index contributed by atoms with van der Waals surface area (Å²) in [6.07, 6.45) is 2.28. The third-order valence-electron chi connectivity index (χ3n) is 3.57. The minimum atomic E-state index is -0.628. The number of allylic oxidation sites excluding steroid dienone is 2. The Balaban J connectivity index is 2.86. The zero-order chi connectivity index (χ0) is 17.9. The van der Waals surface area contributed by atoms with Crippen molar-refractivity contribution in [3.63, 3.8) is 0 Å². The molecule has 1 aromatic carbocycles. The van der Waals surface area contributed by atoms with E-state index in [9.17, 15) is 19.7 Å². The van der Waals surface area contributed by atoms with Crippen LogP contribution in [0.1, 0.15) is 20.3 Å². The molecule has 2 aromatic rings. The minimum Gasteiger partial charge on any atom is -0.457 e. The van der Waals surface area contributed by atoms with Crippen LogP contribution in [0.4, 0.5) is 5.69 Å². The maximum absolute atomic E-state index is 12.4. The van der Waals surface area contributed by atoms with Gasteiger partial charge in [-0.25, -0.2) is 0 Å². The monoisotopic (exact) mass is 332 g/mol. The molecular formula is C16H16N2O6. The number of rotatable bonds is 6. The molecule has 0 aliphatic carbocycles. The number of ether oxygens (including phenoxy) is 2. The lowest BCUT2D eigenvalue weighted by Crippen LogP contribution is -2.20. The topological polar surface area (TPSA) is 101 Å². The summed E-state index contributed by atoms with van der Waals surface area (Å²) in [5.74, 6) is 0.366. The molecule has 2 rings (SSSR count). The van der Waals surface area contributed by atoms with E-state index in [2.05, 4.69) is 0 Å². The quantitative estimate of drug-likeness (QED) is 0.349. The SMILES string of the molecule is CC=C(CC)Oc1c(OC=O)c(=O)n(C)c2cc([N+](=O)[O-])ccc12. The Morgan fingerprint density at radius 2 is 2.08 bits per heavy atom. The molecule has 0 aliphatic heterocycles. The molecule has 0 N–H and O–H groups in total. The first-order valence-corrected chi connectivity index (χ1v) is 7.19. The molecule has 1 aromatic heterocycles.